The molecule has 0 fully saturated rings. The van der Waals surface area contributed by atoms with Crippen molar-refractivity contribution in [2.24, 2.45) is 0 Å². The number of hydrogen-bond donors (Lipinski definition) is 0. The molecule has 3 aromatic carbocycles. The highest BCUT2D eigenvalue weighted by Gasteiger charge is 2.43. The first kappa shape index (κ1) is 25.9. The smallest absolute Gasteiger partial charge is 0.348 e. The van der Waals surface area contributed by atoms with Crippen molar-refractivity contribution in [3.63, 3.8) is 0 Å². The Balaban J connectivity index is 1.66. The monoisotopic (exact) mass is 510 g/mol. The molecule has 1 unspecified atom stereocenters. The quantitative estimate of drug-likeness (QED) is 0.148. The van der Waals surface area contributed by atoms with Crippen molar-refractivity contribution in [2.45, 2.75) is 12.5 Å². The number of fused-ring (bicyclic) bond motifs is 1. The van der Waals surface area contributed by atoms with Crippen molar-refractivity contribution in [1.29, 1.82) is 5.26 Å². The van der Waals surface area contributed by atoms with Crippen LogP contribution in [0.3, 0.4) is 0 Å². The summed E-state index contributed by atoms with van der Waals surface area (Å²) in [6.45, 7) is 0. The molecule has 3 aromatic rings. The number of carbonyl (C=O) groups is 4. The Kier molecular flexibility index (Phi) is 7.63. The summed E-state index contributed by atoms with van der Waals surface area (Å²) in [6, 6.07) is 20.3. The highest BCUT2D eigenvalue weighted by molar-refractivity contribution is 6.22. The van der Waals surface area contributed by atoms with Crippen LogP contribution in [-0.4, -0.2) is 48.9 Å². The van der Waals surface area contributed by atoms with Crippen LogP contribution in [0.1, 0.15) is 31.8 Å². The van der Waals surface area contributed by atoms with Crippen molar-refractivity contribution < 1.29 is 33.4 Å². The molecule has 190 valence electrons. The predicted octanol–water partition coefficient (Wildman–Crippen LogP) is 3.59. The van der Waals surface area contributed by atoms with E-state index in [1.807, 2.05) is 6.07 Å². The highest BCUT2D eigenvalue weighted by atomic mass is 16.6. The number of imide groups is 1. The lowest BCUT2D eigenvalue weighted by Gasteiger charge is -2.25. The number of esters is 2. The summed E-state index contributed by atoms with van der Waals surface area (Å²) in [5.74, 6) is -2.63. The topological polar surface area (TPSA) is 123 Å². The van der Waals surface area contributed by atoms with Crippen molar-refractivity contribution in [1.82, 2.24) is 4.90 Å². The summed E-state index contributed by atoms with van der Waals surface area (Å²) in [5, 5.41) is 9.20. The van der Waals surface area contributed by atoms with Crippen LogP contribution in [0.15, 0.2) is 78.4 Å². The van der Waals surface area contributed by atoms with Gasteiger partial charge in [0.25, 0.3) is 11.8 Å². The fourth-order valence-electron chi connectivity index (χ4n) is 4.06. The Morgan fingerprint density at radius 3 is 2.13 bits per heavy atom. The van der Waals surface area contributed by atoms with E-state index in [0.717, 1.165) is 17.6 Å². The molecule has 9 nitrogen and oxygen atoms in total. The van der Waals surface area contributed by atoms with Crippen LogP contribution >= 0.6 is 0 Å². The number of nitriles is 1. The van der Waals surface area contributed by atoms with Crippen LogP contribution in [0.5, 0.6) is 11.5 Å². The predicted molar refractivity (Wildman–Crippen MR) is 135 cm³/mol. The molecule has 1 atom stereocenters. The van der Waals surface area contributed by atoms with Gasteiger partial charge in [-0.25, -0.2) is 9.59 Å². The Bertz CT molecular complexity index is 1450. The lowest BCUT2D eigenvalue weighted by molar-refractivity contribution is -0.139. The summed E-state index contributed by atoms with van der Waals surface area (Å²) in [6.07, 6.45) is 1.34. The molecule has 0 aliphatic carbocycles. The van der Waals surface area contributed by atoms with E-state index in [1.54, 1.807) is 54.6 Å². The molecule has 0 N–H and O–H groups in total. The third-order valence-electron chi connectivity index (χ3n) is 5.92. The standard InChI is InChI=1S/C29H22N2O7/c1-36-25-16-19(14-20(17-30)28(34)37-2)12-13-24(25)38-29(35)23(15-18-8-4-3-5-9-18)31-26(32)21-10-6-7-11-22(21)27(31)33/h3-14,16,23H,15H2,1-2H3/b20-14+. The van der Waals surface area contributed by atoms with Gasteiger partial charge < -0.3 is 14.2 Å². The summed E-state index contributed by atoms with van der Waals surface area (Å²) < 4.78 is 15.6. The maximum absolute atomic E-state index is 13.5. The van der Waals surface area contributed by atoms with E-state index >= 15 is 0 Å². The van der Waals surface area contributed by atoms with Gasteiger partial charge >= 0.3 is 11.9 Å². The Hall–Kier alpha value is -5.23. The number of amides is 2. The van der Waals surface area contributed by atoms with Gasteiger partial charge in [0.1, 0.15) is 17.7 Å². The fourth-order valence-corrected chi connectivity index (χ4v) is 4.06. The molecular weight excluding hydrogens is 488 g/mol. The van der Waals surface area contributed by atoms with Gasteiger partial charge in [0, 0.05) is 6.42 Å². The van der Waals surface area contributed by atoms with E-state index < -0.39 is 29.8 Å². The Morgan fingerprint density at radius 1 is 0.921 bits per heavy atom. The van der Waals surface area contributed by atoms with Crippen LogP contribution in [-0.2, 0) is 20.7 Å². The average Bonchev–Trinajstić information content (AvgIpc) is 3.20. The highest BCUT2D eigenvalue weighted by Crippen LogP contribution is 2.31. The normalized spacial score (nSPS) is 13.4. The zero-order valence-electron chi connectivity index (χ0n) is 20.5. The van der Waals surface area contributed by atoms with Crippen LogP contribution < -0.4 is 9.47 Å². The van der Waals surface area contributed by atoms with Crippen molar-refractivity contribution in [3.8, 4) is 17.6 Å². The molecular formula is C29H22N2O7. The minimum Gasteiger partial charge on any atom is -0.493 e. The largest absolute Gasteiger partial charge is 0.493 e. The zero-order valence-corrected chi connectivity index (χ0v) is 20.5. The Labute approximate surface area is 218 Å². The number of carbonyl (C=O) groups excluding carboxylic acids is 4. The second-order valence-corrected chi connectivity index (χ2v) is 8.22. The minimum absolute atomic E-state index is 0.0286. The number of hydrogen-bond acceptors (Lipinski definition) is 8. The molecule has 0 aromatic heterocycles. The number of methoxy groups -OCH3 is 2. The first-order valence-electron chi connectivity index (χ1n) is 11.5. The molecule has 2 amide bonds. The molecule has 1 aliphatic rings. The van der Waals surface area contributed by atoms with Gasteiger partial charge in [-0.15, -0.1) is 0 Å². The fraction of sp³-hybridized carbons (Fsp3) is 0.138. The second-order valence-electron chi connectivity index (χ2n) is 8.22. The number of ether oxygens (including phenoxy) is 3. The lowest BCUT2D eigenvalue weighted by atomic mass is 10.0. The van der Waals surface area contributed by atoms with E-state index in [4.69, 9.17) is 9.47 Å². The maximum Gasteiger partial charge on any atom is 0.348 e. The van der Waals surface area contributed by atoms with E-state index in [-0.39, 0.29) is 34.6 Å². The molecule has 0 saturated carbocycles. The minimum atomic E-state index is -1.25. The molecule has 0 spiro atoms. The third-order valence-corrected chi connectivity index (χ3v) is 5.92. The number of nitrogens with zero attached hydrogens (tertiary/aromatic N) is 2. The van der Waals surface area contributed by atoms with Gasteiger partial charge in [-0.05, 0) is 41.5 Å². The van der Waals surface area contributed by atoms with Crippen LogP contribution in [0.4, 0.5) is 0 Å². The summed E-state index contributed by atoms with van der Waals surface area (Å²) in [7, 11) is 2.52. The molecule has 0 saturated heterocycles. The molecule has 1 heterocycles. The van der Waals surface area contributed by atoms with Gasteiger partial charge in [0.2, 0.25) is 0 Å². The van der Waals surface area contributed by atoms with Gasteiger partial charge in [-0.3, -0.25) is 14.5 Å². The maximum atomic E-state index is 13.5. The van der Waals surface area contributed by atoms with Crippen molar-refractivity contribution >= 4 is 29.8 Å². The van der Waals surface area contributed by atoms with Gasteiger partial charge in [0.15, 0.2) is 11.5 Å². The first-order chi connectivity index (χ1) is 18.4. The van der Waals surface area contributed by atoms with E-state index in [1.165, 1.54) is 31.4 Å². The van der Waals surface area contributed by atoms with Crippen LogP contribution in [0.25, 0.3) is 6.08 Å². The molecule has 0 radical (unpaired) electrons. The average molecular weight is 511 g/mol. The first-order valence-corrected chi connectivity index (χ1v) is 11.5. The summed E-state index contributed by atoms with van der Waals surface area (Å²) >= 11 is 0. The van der Waals surface area contributed by atoms with Crippen LogP contribution in [0, 0.1) is 11.3 Å². The zero-order chi connectivity index (χ0) is 27.2. The molecule has 38 heavy (non-hydrogen) atoms. The molecule has 9 heteroatoms. The van der Waals surface area contributed by atoms with E-state index in [9.17, 15) is 24.4 Å². The van der Waals surface area contributed by atoms with E-state index in [0.29, 0.717) is 5.56 Å². The lowest BCUT2D eigenvalue weighted by Crippen LogP contribution is -2.48. The van der Waals surface area contributed by atoms with Gasteiger partial charge in [-0.2, -0.15) is 5.26 Å². The van der Waals surface area contributed by atoms with Gasteiger partial charge in [0.05, 0.1) is 25.3 Å². The number of benzene rings is 3. The van der Waals surface area contributed by atoms with Gasteiger partial charge in [-0.1, -0.05) is 48.5 Å². The molecule has 4 rings (SSSR count). The third kappa shape index (κ3) is 5.15. The van der Waals surface area contributed by atoms with E-state index in [2.05, 4.69) is 4.74 Å². The molecule has 1 aliphatic heterocycles. The van der Waals surface area contributed by atoms with Crippen molar-refractivity contribution in [2.75, 3.05) is 14.2 Å². The SMILES string of the molecule is COC(=O)/C(C#N)=C/c1ccc(OC(=O)C(Cc2ccccc2)N2C(=O)c3ccccc3C2=O)c(OC)c1. The Morgan fingerprint density at radius 2 is 1.55 bits per heavy atom. The molecule has 0 bridgehead atoms. The summed E-state index contributed by atoms with van der Waals surface area (Å²) in [5.41, 5.74) is 1.36. The second kappa shape index (κ2) is 11.2. The summed E-state index contributed by atoms with van der Waals surface area (Å²) in [4.78, 5) is 52.5. The van der Waals surface area contributed by atoms with Crippen LogP contribution in [0.2, 0.25) is 0 Å². The van der Waals surface area contributed by atoms with Crippen molar-refractivity contribution in [3.05, 3.63) is 101 Å². The number of rotatable bonds is 8.